The molecule has 4 nitrogen and oxygen atoms in total. The van der Waals surface area contributed by atoms with Crippen molar-refractivity contribution < 1.29 is 14.6 Å². The second-order valence-electron chi connectivity index (χ2n) is 4.33. The molecule has 0 fully saturated rings. The molecule has 0 heterocycles. The summed E-state index contributed by atoms with van der Waals surface area (Å²) >= 11 is 0. The molecule has 4 heteroatoms. The summed E-state index contributed by atoms with van der Waals surface area (Å²) in [6, 6.07) is 0. The summed E-state index contributed by atoms with van der Waals surface area (Å²) in [7, 11) is 0. The molecule has 3 N–H and O–H groups in total. The van der Waals surface area contributed by atoms with E-state index in [0.717, 1.165) is 12.8 Å². The molecule has 0 aromatic carbocycles. The highest BCUT2D eigenvalue weighted by Crippen LogP contribution is 2.10. The largest absolute Gasteiger partial charge is 0.458 e. The van der Waals surface area contributed by atoms with Crippen LogP contribution in [0.3, 0.4) is 0 Å². The number of aliphatic hydroxyl groups is 1. The van der Waals surface area contributed by atoms with E-state index in [1.807, 2.05) is 0 Å². The number of esters is 1. The zero-order valence-electron chi connectivity index (χ0n) is 9.25. The van der Waals surface area contributed by atoms with Crippen molar-refractivity contribution in [3.05, 3.63) is 0 Å². The zero-order valence-corrected chi connectivity index (χ0v) is 9.25. The molecule has 0 aromatic heterocycles. The van der Waals surface area contributed by atoms with Crippen LogP contribution in [-0.2, 0) is 9.53 Å². The first-order chi connectivity index (χ1) is 6.37. The van der Waals surface area contributed by atoms with Gasteiger partial charge in [-0.1, -0.05) is 0 Å². The van der Waals surface area contributed by atoms with Crippen molar-refractivity contribution in [2.45, 2.75) is 51.7 Å². The second-order valence-corrected chi connectivity index (χ2v) is 4.33. The van der Waals surface area contributed by atoms with Gasteiger partial charge in [-0.2, -0.15) is 0 Å². The third-order valence-electron chi connectivity index (χ3n) is 1.61. The minimum absolute atomic E-state index is 0.423. The number of unbranched alkanes of at least 4 members (excludes halogenated alkanes) is 1. The van der Waals surface area contributed by atoms with E-state index in [1.165, 1.54) is 0 Å². The van der Waals surface area contributed by atoms with Crippen LogP contribution < -0.4 is 5.73 Å². The lowest BCUT2D eigenvalue weighted by Crippen LogP contribution is -2.31. The van der Waals surface area contributed by atoms with Crippen LogP contribution >= 0.6 is 0 Å². The average Bonchev–Trinajstić information content (AvgIpc) is 2.01. The van der Waals surface area contributed by atoms with Crippen LogP contribution in [0.15, 0.2) is 0 Å². The number of rotatable bonds is 5. The van der Waals surface area contributed by atoms with Crippen molar-refractivity contribution in [3.63, 3.8) is 0 Å². The van der Waals surface area contributed by atoms with Gasteiger partial charge in [0.15, 0.2) is 6.10 Å². The van der Waals surface area contributed by atoms with E-state index in [1.54, 1.807) is 20.8 Å². The third kappa shape index (κ3) is 6.86. The predicted octanol–water partition coefficient (Wildman–Crippen LogP) is 0.818. The molecule has 0 aromatic rings. The highest BCUT2D eigenvalue weighted by Gasteiger charge is 2.22. The molecule has 84 valence electrons. The summed E-state index contributed by atoms with van der Waals surface area (Å²) in [5.74, 6) is -0.547. The molecule has 0 aliphatic heterocycles. The summed E-state index contributed by atoms with van der Waals surface area (Å²) in [6.07, 6.45) is 0.976. The quantitative estimate of drug-likeness (QED) is 0.512. The lowest BCUT2D eigenvalue weighted by Gasteiger charge is -2.21. The summed E-state index contributed by atoms with van der Waals surface area (Å²) in [5, 5.41) is 9.39. The minimum atomic E-state index is -1.01. The molecule has 0 amide bonds. The van der Waals surface area contributed by atoms with Crippen molar-refractivity contribution in [1.29, 1.82) is 0 Å². The van der Waals surface area contributed by atoms with E-state index in [4.69, 9.17) is 10.5 Å². The van der Waals surface area contributed by atoms with Crippen LogP contribution in [0.2, 0.25) is 0 Å². The van der Waals surface area contributed by atoms with Crippen molar-refractivity contribution in [1.82, 2.24) is 0 Å². The van der Waals surface area contributed by atoms with E-state index in [-0.39, 0.29) is 0 Å². The van der Waals surface area contributed by atoms with Crippen LogP contribution in [0.5, 0.6) is 0 Å². The summed E-state index contributed by atoms with van der Waals surface area (Å²) in [5.41, 5.74) is 4.76. The molecule has 0 radical (unpaired) electrons. The monoisotopic (exact) mass is 203 g/mol. The van der Waals surface area contributed by atoms with E-state index < -0.39 is 17.7 Å². The minimum Gasteiger partial charge on any atom is -0.458 e. The highest BCUT2D eigenvalue weighted by molar-refractivity contribution is 5.74. The van der Waals surface area contributed by atoms with Crippen LogP contribution in [0, 0.1) is 0 Å². The average molecular weight is 203 g/mol. The highest BCUT2D eigenvalue weighted by atomic mass is 16.6. The number of hydrogen-bond acceptors (Lipinski definition) is 4. The van der Waals surface area contributed by atoms with Crippen molar-refractivity contribution in [2.24, 2.45) is 5.73 Å². The third-order valence-corrected chi connectivity index (χ3v) is 1.61. The van der Waals surface area contributed by atoms with Crippen LogP contribution in [0.25, 0.3) is 0 Å². The first kappa shape index (κ1) is 13.4. The molecule has 1 atom stereocenters. The molecule has 14 heavy (non-hydrogen) atoms. The Bertz CT molecular complexity index is 175. The van der Waals surface area contributed by atoms with E-state index in [2.05, 4.69) is 0 Å². The fourth-order valence-corrected chi connectivity index (χ4v) is 0.970. The second kappa shape index (κ2) is 5.98. The van der Waals surface area contributed by atoms with Crippen molar-refractivity contribution >= 4 is 5.97 Å². The van der Waals surface area contributed by atoms with Gasteiger partial charge in [0, 0.05) is 0 Å². The van der Waals surface area contributed by atoms with Gasteiger partial charge in [-0.15, -0.1) is 0 Å². The van der Waals surface area contributed by atoms with Crippen molar-refractivity contribution in [2.75, 3.05) is 6.54 Å². The van der Waals surface area contributed by atoms with Gasteiger partial charge in [0.25, 0.3) is 0 Å². The Hall–Kier alpha value is -0.610. The Kier molecular flexibility index (Phi) is 5.72. The summed E-state index contributed by atoms with van der Waals surface area (Å²) in [6.45, 7) is 5.91. The van der Waals surface area contributed by atoms with Gasteiger partial charge in [0.05, 0.1) is 0 Å². The number of carbonyl (C=O) groups is 1. The van der Waals surface area contributed by atoms with Crippen LogP contribution in [0.4, 0.5) is 0 Å². The molecule has 0 unspecified atom stereocenters. The molecular weight excluding hydrogens is 182 g/mol. The topological polar surface area (TPSA) is 72.5 Å². The molecule has 0 bridgehead atoms. The Morgan fingerprint density at radius 1 is 1.43 bits per heavy atom. The van der Waals surface area contributed by atoms with Gasteiger partial charge in [-0.05, 0) is 46.6 Å². The number of ether oxygens (including phenoxy) is 1. The molecular formula is C10H21NO3. The Balaban J connectivity index is 3.77. The van der Waals surface area contributed by atoms with E-state index in [9.17, 15) is 9.90 Å². The zero-order chi connectivity index (χ0) is 11.2. The maximum Gasteiger partial charge on any atom is 0.335 e. The van der Waals surface area contributed by atoms with Gasteiger partial charge in [0.1, 0.15) is 5.60 Å². The molecule has 0 rings (SSSR count). The van der Waals surface area contributed by atoms with Gasteiger partial charge >= 0.3 is 5.97 Å². The van der Waals surface area contributed by atoms with Gasteiger partial charge < -0.3 is 15.6 Å². The van der Waals surface area contributed by atoms with Gasteiger partial charge in [0.2, 0.25) is 0 Å². The molecule has 0 saturated carbocycles. The Morgan fingerprint density at radius 2 is 2.00 bits per heavy atom. The van der Waals surface area contributed by atoms with Gasteiger partial charge in [-0.25, -0.2) is 4.79 Å². The first-order valence-electron chi connectivity index (χ1n) is 4.98. The molecule has 0 spiro atoms. The Labute approximate surface area is 85.4 Å². The maximum atomic E-state index is 11.2. The normalized spacial score (nSPS) is 13.8. The Morgan fingerprint density at radius 3 is 2.43 bits per heavy atom. The number of aliphatic hydroxyl groups excluding tert-OH is 1. The fraction of sp³-hybridized carbons (Fsp3) is 0.900. The van der Waals surface area contributed by atoms with Gasteiger partial charge in [-0.3, -0.25) is 0 Å². The number of nitrogens with two attached hydrogens (primary N) is 1. The molecule has 0 aliphatic rings. The van der Waals surface area contributed by atoms with Crippen LogP contribution in [-0.4, -0.2) is 29.3 Å². The first-order valence-corrected chi connectivity index (χ1v) is 4.98. The smallest absolute Gasteiger partial charge is 0.335 e. The summed E-state index contributed by atoms with van der Waals surface area (Å²) < 4.78 is 5.01. The molecule has 0 aliphatic carbocycles. The lowest BCUT2D eigenvalue weighted by atomic mass is 10.1. The van der Waals surface area contributed by atoms with E-state index in [0.29, 0.717) is 13.0 Å². The summed E-state index contributed by atoms with van der Waals surface area (Å²) in [4.78, 5) is 11.2. The maximum absolute atomic E-state index is 11.2. The van der Waals surface area contributed by atoms with Crippen LogP contribution in [0.1, 0.15) is 40.0 Å². The number of carbonyl (C=O) groups excluding carboxylic acids is 1. The SMILES string of the molecule is CC(C)(C)OC(=O)[C@@H](O)CCCCN. The predicted molar refractivity (Wildman–Crippen MR) is 54.8 cm³/mol. The molecule has 0 saturated heterocycles. The number of hydrogen-bond donors (Lipinski definition) is 2. The van der Waals surface area contributed by atoms with E-state index >= 15 is 0 Å². The van der Waals surface area contributed by atoms with Crippen molar-refractivity contribution in [3.8, 4) is 0 Å². The fourth-order valence-electron chi connectivity index (χ4n) is 0.970. The lowest BCUT2D eigenvalue weighted by molar-refractivity contribution is -0.165. The standard InChI is InChI=1S/C10H21NO3/c1-10(2,3)14-9(13)8(12)6-4-5-7-11/h8,12H,4-7,11H2,1-3H3/t8-/m0/s1.